The maximum absolute atomic E-state index is 13.2. The Labute approximate surface area is 170 Å². The summed E-state index contributed by atoms with van der Waals surface area (Å²) in [7, 11) is 0. The van der Waals surface area contributed by atoms with Gasteiger partial charge in [-0.25, -0.2) is 0 Å². The molecule has 2 atom stereocenters. The van der Waals surface area contributed by atoms with Crippen molar-refractivity contribution < 1.29 is 14.3 Å². The zero-order valence-corrected chi connectivity index (χ0v) is 16.6. The minimum absolute atomic E-state index is 0.0293. The van der Waals surface area contributed by atoms with Gasteiger partial charge in [-0.15, -0.1) is 22.7 Å². The van der Waals surface area contributed by atoms with Crippen LogP contribution in [0.2, 0.25) is 0 Å². The van der Waals surface area contributed by atoms with Gasteiger partial charge in [0.05, 0.1) is 18.2 Å². The zero-order valence-electron chi connectivity index (χ0n) is 15.0. The highest BCUT2D eigenvalue weighted by Crippen LogP contribution is 2.40. The van der Waals surface area contributed by atoms with E-state index in [2.05, 4.69) is 22.8 Å². The molecule has 7 heteroatoms. The third kappa shape index (κ3) is 3.00. The van der Waals surface area contributed by atoms with Crippen LogP contribution in [0.5, 0.6) is 5.75 Å². The zero-order chi connectivity index (χ0) is 19.1. The van der Waals surface area contributed by atoms with Gasteiger partial charge >= 0.3 is 0 Å². The molecule has 1 aromatic carbocycles. The first-order valence-electron chi connectivity index (χ1n) is 9.16. The maximum atomic E-state index is 13.2. The van der Waals surface area contributed by atoms with E-state index in [1.54, 1.807) is 34.8 Å². The van der Waals surface area contributed by atoms with E-state index in [4.69, 9.17) is 4.74 Å². The van der Waals surface area contributed by atoms with Crippen molar-refractivity contribution in [2.75, 3.05) is 11.9 Å². The van der Waals surface area contributed by atoms with Crippen LogP contribution in [-0.4, -0.2) is 29.4 Å². The van der Waals surface area contributed by atoms with Crippen LogP contribution in [0.3, 0.4) is 0 Å². The van der Waals surface area contributed by atoms with Gasteiger partial charge in [-0.1, -0.05) is 18.2 Å². The smallest absolute Gasteiger partial charge is 0.266 e. The molecule has 2 aromatic heterocycles. The third-order valence-corrected chi connectivity index (χ3v) is 7.09. The first-order valence-corrected chi connectivity index (χ1v) is 10.9. The van der Waals surface area contributed by atoms with Crippen LogP contribution in [0.15, 0.2) is 53.2 Å². The highest BCUT2D eigenvalue weighted by Gasteiger charge is 2.37. The molecule has 2 aliphatic heterocycles. The summed E-state index contributed by atoms with van der Waals surface area (Å²) in [5.41, 5.74) is 1.85. The average molecular weight is 411 g/mol. The highest BCUT2D eigenvalue weighted by atomic mass is 32.1. The van der Waals surface area contributed by atoms with Crippen molar-refractivity contribution in [1.82, 2.24) is 4.90 Å². The van der Waals surface area contributed by atoms with Gasteiger partial charge in [-0.3, -0.25) is 9.59 Å². The van der Waals surface area contributed by atoms with Crippen molar-refractivity contribution in [1.29, 1.82) is 0 Å². The number of rotatable bonds is 3. The molecule has 2 aliphatic rings. The Hall–Kier alpha value is -2.64. The summed E-state index contributed by atoms with van der Waals surface area (Å²) in [6, 6.07) is 13.4. The topological polar surface area (TPSA) is 58.6 Å². The summed E-state index contributed by atoms with van der Waals surface area (Å²) >= 11 is 3.40. The van der Waals surface area contributed by atoms with Crippen molar-refractivity contribution in [2.24, 2.45) is 0 Å². The average Bonchev–Trinajstić information content (AvgIpc) is 3.39. The molecule has 142 valence electrons. The molecule has 0 saturated heterocycles. The van der Waals surface area contributed by atoms with Crippen molar-refractivity contribution in [3.05, 3.63) is 68.5 Å². The number of carbonyl (C=O) groups excluding carboxylic acids is 2. The number of amides is 2. The molecule has 0 radical (unpaired) electrons. The van der Waals surface area contributed by atoms with Crippen molar-refractivity contribution in [3.8, 4) is 5.75 Å². The largest absolute Gasteiger partial charge is 0.478 e. The number of anilines is 1. The fourth-order valence-electron chi connectivity index (χ4n) is 3.84. The first kappa shape index (κ1) is 17.5. The van der Waals surface area contributed by atoms with Crippen LogP contribution in [0, 0.1) is 0 Å². The number of hydrogen-bond donors (Lipinski definition) is 1. The molecule has 0 aliphatic carbocycles. The lowest BCUT2D eigenvalue weighted by atomic mass is 9.97. The first-order chi connectivity index (χ1) is 13.7. The number of para-hydroxylation sites is 2. The van der Waals surface area contributed by atoms with Crippen LogP contribution in [-0.2, 0) is 16.0 Å². The Balaban J connectivity index is 1.40. The number of benzene rings is 1. The van der Waals surface area contributed by atoms with E-state index in [0.29, 0.717) is 18.0 Å². The molecule has 5 nitrogen and oxygen atoms in total. The number of fused-ring (bicyclic) bond motifs is 2. The molecule has 4 heterocycles. The second-order valence-corrected chi connectivity index (χ2v) is 8.83. The van der Waals surface area contributed by atoms with Gasteiger partial charge in [0.25, 0.3) is 5.91 Å². The van der Waals surface area contributed by atoms with Crippen molar-refractivity contribution in [2.45, 2.75) is 25.0 Å². The SMILES string of the molecule is O=C1Nc2ccccc2O[C@@H]1CC(=O)N1CCc2sccc2[C@H]1c1cccs1. The molecule has 3 aromatic rings. The predicted octanol–water partition coefficient (Wildman–Crippen LogP) is 4.07. The van der Waals surface area contributed by atoms with Crippen LogP contribution in [0.25, 0.3) is 0 Å². The molecule has 0 bridgehead atoms. The molecule has 2 amide bonds. The summed E-state index contributed by atoms with van der Waals surface area (Å²) in [6.45, 7) is 0.653. The van der Waals surface area contributed by atoms with Crippen molar-refractivity contribution >= 4 is 40.2 Å². The van der Waals surface area contributed by atoms with Gasteiger partial charge in [0.2, 0.25) is 5.91 Å². The monoisotopic (exact) mass is 410 g/mol. The Morgan fingerprint density at radius 3 is 2.89 bits per heavy atom. The number of nitrogens with zero attached hydrogens (tertiary/aromatic N) is 1. The third-order valence-electron chi connectivity index (χ3n) is 5.17. The Morgan fingerprint density at radius 2 is 2.04 bits per heavy atom. The number of hydrogen-bond acceptors (Lipinski definition) is 5. The summed E-state index contributed by atoms with van der Waals surface area (Å²) < 4.78 is 5.83. The second-order valence-electron chi connectivity index (χ2n) is 6.85. The van der Waals surface area contributed by atoms with Crippen LogP contribution < -0.4 is 10.1 Å². The van der Waals surface area contributed by atoms with E-state index in [0.717, 1.165) is 11.3 Å². The van der Waals surface area contributed by atoms with E-state index in [9.17, 15) is 9.59 Å². The fourth-order valence-corrected chi connectivity index (χ4v) is 5.60. The Morgan fingerprint density at radius 1 is 1.14 bits per heavy atom. The van der Waals surface area contributed by atoms with Crippen LogP contribution in [0.4, 0.5) is 5.69 Å². The van der Waals surface area contributed by atoms with Gasteiger partial charge in [0.1, 0.15) is 5.75 Å². The van der Waals surface area contributed by atoms with Gasteiger partial charge in [-0.05, 0) is 47.0 Å². The molecule has 0 spiro atoms. The highest BCUT2D eigenvalue weighted by molar-refractivity contribution is 7.10. The minimum atomic E-state index is -0.810. The van der Waals surface area contributed by atoms with Gasteiger partial charge in [0, 0.05) is 16.3 Å². The molecular weight excluding hydrogens is 392 g/mol. The Kier molecular flexibility index (Phi) is 4.41. The fraction of sp³-hybridized carbons (Fsp3) is 0.238. The Bertz CT molecular complexity index is 1030. The molecule has 28 heavy (non-hydrogen) atoms. The molecule has 0 unspecified atom stereocenters. The van der Waals surface area contributed by atoms with E-state index >= 15 is 0 Å². The summed E-state index contributed by atoms with van der Waals surface area (Å²) in [5, 5.41) is 6.96. The van der Waals surface area contributed by atoms with E-state index in [1.165, 1.54) is 10.4 Å². The van der Waals surface area contributed by atoms with E-state index in [-0.39, 0.29) is 24.3 Å². The van der Waals surface area contributed by atoms with Crippen LogP contribution in [0.1, 0.15) is 27.8 Å². The number of thiophene rings is 2. The molecule has 0 saturated carbocycles. The van der Waals surface area contributed by atoms with E-state index < -0.39 is 6.10 Å². The van der Waals surface area contributed by atoms with Gasteiger partial charge in [-0.2, -0.15) is 0 Å². The van der Waals surface area contributed by atoms with Crippen LogP contribution >= 0.6 is 22.7 Å². The molecule has 1 N–H and O–H groups in total. The predicted molar refractivity (Wildman–Crippen MR) is 110 cm³/mol. The minimum Gasteiger partial charge on any atom is -0.478 e. The lowest BCUT2D eigenvalue weighted by molar-refractivity contribution is -0.138. The van der Waals surface area contributed by atoms with Crippen molar-refractivity contribution in [3.63, 3.8) is 0 Å². The van der Waals surface area contributed by atoms with Gasteiger partial charge in [0.15, 0.2) is 6.10 Å². The van der Waals surface area contributed by atoms with Gasteiger partial charge < -0.3 is 15.0 Å². The number of ether oxygens (including phenoxy) is 1. The summed E-state index contributed by atoms with van der Waals surface area (Å²) in [4.78, 5) is 30.1. The quantitative estimate of drug-likeness (QED) is 0.708. The lowest BCUT2D eigenvalue weighted by Crippen LogP contribution is -2.45. The lowest BCUT2D eigenvalue weighted by Gasteiger charge is -2.36. The number of carbonyl (C=O) groups is 2. The second kappa shape index (κ2) is 7.07. The number of nitrogens with one attached hydrogen (secondary N) is 1. The molecule has 0 fully saturated rings. The van der Waals surface area contributed by atoms with E-state index in [1.807, 2.05) is 28.5 Å². The molecular formula is C21H18N2O3S2. The normalized spacial score (nSPS) is 20.7. The summed E-state index contributed by atoms with van der Waals surface area (Å²) in [6.07, 6.45) is 0.0677. The summed E-state index contributed by atoms with van der Waals surface area (Å²) in [5.74, 6) is 0.274. The maximum Gasteiger partial charge on any atom is 0.266 e. The molecule has 5 rings (SSSR count). The standard InChI is InChI=1S/C21H18N2O3S2/c24-19(12-16-21(25)22-14-4-1-2-5-15(14)26-16)23-9-7-17-13(8-11-28-17)20(23)18-6-3-10-27-18/h1-6,8,10-11,16,20H,7,9,12H2,(H,22,25)/t16-,20+/m1/s1.